The van der Waals surface area contributed by atoms with Gasteiger partial charge >= 0.3 is 0 Å². The summed E-state index contributed by atoms with van der Waals surface area (Å²) in [5.41, 5.74) is 6.62. The van der Waals surface area contributed by atoms with Crippen LogP contribution in [0, 0.1) is 5.92 Å². The topological polar surface area (TPSA) is 67.6 Å². The normalized spacial score (nSPS) is 22.8. The van der Waals surface area contributed by atoms with E-state index in [-0.39, 0.29) is 5.91 Å². The van der Waals surface area contributed by atoms with Crippen molar-refractivity contribution in [3.63, 3.8) is 0 Å². The Hall–Kier alpha value is -1.59. The van der Waals surface area contributed by atoms with Crippen molar-refractivity contribution in [3.8, 4) is 5.75 Å². The monoisotopic (exact) mass is 291 g/mol. The number of nitrogens with one attached hydrogen (secondary N) is 1. The molecular weight excluding hydrogens is 266 g/mol. The summed E-state index contributed by atoms with van der Waals surface area (Å²) in [4.78, 5) is 14.3. The summed E-state index contributed by atoms with van der Waals surface area (Å²) in [5.74, 6) is 1.48. The molecule has 116 valence electrons. The van der Waals surface area contributed by atoms with Gasteiger partial charge in [0, 0.05) is 18.3 Å². The first kappa shape index (κ1) is 15.8. The second kappa shape index (κ2) is 7.43. The van der Waals surface area contributed by atoms with Crippen molar-refractivity contribution in [2.45, 2.75) is 25.8 Å². The number of methoxy groups -OCH3 is 1. The Morgan fingerprint density at radius 3 is 2.76 bits per heavy atom. The molecular formula is C16H25N3O2. The maximum Gasteiger partial charge on any atom is 0.238 e. The highest BCUT2D eigenvalue weighted by Gasteiger charge is 2.26. The molecule has 0 saturated carbocycles. The van der Waals surface area contributed by atoms with Crippen LogP contribution in [0.15, 0.2) is 24.3 Å². The highest BCUT2D eigenvalue weighted by Crippen LogP contribution is 2.22. The minimum atomic E-state index is 0.00756. The van der Waals surface area contributed by atoms with E-state index in [2.05, 4.69) is 17.1 Å². The minimum Gasteiger partial charge on any atom is -0.497 e. The number of amides is 1. The number of nitrogens with two attached hydrogens (primary N) is 1. The average molecular weight is 291 g/mol. The third-order valence-corrected chi connectivity index (χ3v) is 4.09. The van der Waals surface area contributed by atoms with E-state index in [1.807, 2.05) is 24.3 Å². The fraction of sp³-hybridized carbons (Fsp3) is 0.562. The number of anilines is 1. The molecule has 3 N–H and O–H groups in total. The van der Waals surface area contributed by atoms with Crippen LogP contribution < -0.4 is 15.8 Å². The van der Waals surface area contributed by atoms with Gasteiger partial charge < -0.3 is 15.8 Å². The van der Waals surface area contributed by atoms with Crippen LogP contribution in [0.2, 0.25) is 0 Å². The number of likely N-dealkylation sites (tertiary alicyclic amines) is 1. The van der Waals surface area contributed by atoms with Crippen molar-refractivity contribution in [2.24, 2.45) is 11.7 Å². The SMILES string of the molecule is COc1ccc(NC(=O)CN2CCC(C)CC2CN)cc1. The molecule has 2 atom stereocenters. The van der Waals surface area contributed by atoms with Gasteiger partial charge in [-0.25, -0.2) is 0 Å². The fourth-order valence-electron chi connectivity index (χ4n) is 2.81. The number of nitrogens with zero attached hydrogens (tertiary/aromatic N) is 1. The Morgan fingerprint density at radius 2 is 2.14 bits per heavy atom. The zero-order valence-corrected chi connectivity index (χ0v) is 12.8. The molecule has 0 spiro atoms. The van der Waals surface area contributed by atoms with E-state index >= 15 is 0 Å². The van der Waals surface area contributed by atoms with Gasteiger partial charge in [0.1, 0.15) is 5.75 Å². The summed E-state index contributed by atoms with van der Waals surface area (Å²) in [6, 6.07) is 7.67. The van der Waals surface area contributed by atoms with Crippen molar-refractivity contribution >= 4 is 11.6 Å². The maximum absolute atomic E-state index is 12.2. The number of rotatable bonds is 5. The van der Waals surface area contributed by atoms with E-state index in [9.17, 15) is 4.79 Å². The Morgan fingerprint density at radius 1 is 1.43 bits per heavy atom. The van der Waals surface area contributed by atoms with E-state index in [4.69, 9.17) is 10.5 Å². The molecule has 1 aliphatic rings. The van der Waals surface area contributed by atoms with Crippen LogP contribution in [0.1, 0.15) is 19.8 Å². The predicted molar refractivity (Wildman–Crippen MR) is 84.4 cm³/mol. The Kier molecular flexibility index (Phi) is 5.59. The molecule has 2 rings (SSSR count). The Bertz CT molecular complexity index is 461. The summed E-state index contributed by atoms with van der Waals surface area (Å²) in [6.45, 7) is 4.21. The van der Waals surface area contributed by atoms with E-state index in [0.29, 0.717) is 25.0 Å². The maximum atomic E-state index is 12.2. The lowest BCUT2D eigenvalue weighted by atomic mass is 9.92. The van der Waals surface area contributed by atoms with Gasteiger partial charge in [-0.3, -0.25) is 9.69 Å². The lowest BCUT2D eigenvalue weighted by Gasteiger charge is -2.37. The van der Waals surface area contributed by atoms with Gasteiger partial charge in [-0.2, -0.15) is 0 Å². The van der Waals surface area contributed by atoms with Gasteiger partial charge in [-0.1, -0.05) is 6.92 Å². The molecule has 1 fully saturated rings. The second-order valence-electron chi connectivity index (χ2n) is 5.77. The average Bonchev–Trinajstić information content (AvgIpc) is 2.49. The van der Waals surface area contributed by atoms with Gasteiger partial charge in [0.25, 0.3) is 0 Å². The molecule has 1 aromatic carbocycles. The third-order valence-electron chi connectivity index (χ3n) is 4.09. The molecule has 0 aliphatic carbocycles. The largest absolute Gasteiger partial charge is 0.497 e. The molecule has 1 amide bonds. The molecule has 0 aromatic heterocycles. The van der Waals surface area contributed by atoms with Gasteiger partial charge in [0.2, 0.25) is 5.91 Å². The molecule has 21 heavy (non-hydrogen) atoms. The number of benzene rings is 1. The number of ether oxygens (including phenoxy) is 1. The zero-order valence-electron chi connectivity index (χ0n) is 12.8. The minimum absolute atomic E-state index is 0.00756. The number of piperidine rings is 1. The lowest BCUT2D eigenvalue weighted by molar-refractivity contribution is -0.118. The third kappa shape index (κ3) is 4.44. The number of carbonyl (C=O) groups excluding carboxylic acids is 1. The van der Waals surface area contributed by atoms with E-state index in [1.54, 1.807) is 7.11 Å². The Balaban J connectivity index is 1.88. The van der Waals surface area contributed by atoms with E-state index < -0.39 is 0 Å². The van der Waals surface area contributed by atoms with Crippen molar-refractivity contribution in [3.05, 3.63) is 24.3 Å². The summed E-state index contributed by atoms with van der Waals surface area (Å²) < 4.78 is 5.10. The molecule has 1 aromatic rings. The fourth-order valence-corrected chi connectivity index (χ4v) is 2.81. The van der Waals surface area contributed by atoms with E-state index in [0.717, 1.165) is 30.8 Å². The Labute approximate surface area is 126 Å². The second-order valence-corrected chi connectivity index (χ2v) is 5.77. The smallest absolute Gasteiger partial charge is 0.238 e. The van der Waals surface area contributed by atoms with Crippen LogP contribution >= 0.6 is 0 Å². The first-order valence-electron chi connectivity index (χ1n) is 7.50. The van der Waals surface area contributed by atoms with Crippen LogP contribution in [-0.4, -0.2) is 43.6 Å². The predicted octanol–water partition coefficient (Wildman–Crippen LogP) is 1.69. The van der Waals surface area contributed by atoms with Crippen LogP contribution in [0.25, 0.3) is 0 Å². The van der Waals surface area contributed by atoms with Gasteiger partial charge in [0.15, 0.2) is 0 Å². The van der Waals surface area contributed by atoms with Gasteiger partial charge in [-0.05, 0) is 49.6 Å². The first-order chi connectivity index (χ1) is 10.1. The van der Waals surface area contributed by atoms with Crippen molar-refractivity contribution in [1.82, 2.24) is 4.90 Å². The highest BCUT2D eigenvalue weighted by atomic mass is 16.5. The molecule has 1 saturated heterocycles. The van der Waals surface area contributed by atoms with Crippen LogP contribution in [-0.2, 0) is 4.79 Å². The quantitative estimate of drug-likeness (QED) is 0.866. The molecule has 0 radical (unpaired) electrons. The number of hydrogen-bond donors (Lipinski definition) is 2. The molecule has 1 heterocycles. The highest BCUT2D eigenvalue weighted by molar-refractivity contribution is 5.92. The molecule has 5 nitrogen and oxygen atoms in total. The molecule has 5 heteroatoms. The lowest BCUT2D eigenvalue weighted by Crippen LogP contribution is -2.49. The van der Waals surface area contributed by atoms with Gasteiger partial charge in [0.05, 0.1) is 13.7 Å². The van der Waals surface area contributed by atoms with Crippen LogP contribution in [0.3, 0.4) is 0 Å². The van der Waals surface area contributed by atoms with Crippen molar-refractivity contribution in [1.29, 1.82) is 0 Å². The molecule has 2 unspecified atom stereocenters. The zero-order chi connectivity index (χ0) is 15.2. The van der Waals surface area contributed by atoms with Crippen molar-refractivity contribution in [2.75, 3.05) is 32.1 Å². The summed E-state index contributed by atoms with van der Waals surface area (Å²) in [7, 11) is 1.62. The van der Waals surface area contributed by atoms with Crippen LogP contribution in [0.5, 0.6) is 5.75 Å². The number of hydrogen-bond acceptors (Lipinski definition) is 4. The molecule has 1 aliphatic heterocycles. The standard InChI is InChI=1S/C16H25N3O2/c1-12-7-8-19(14(9-12)10-17)11-16(20)18-13-3-5-15(21-2)6-4-13/h3-6,12,14H,7-11,17H2,1-2H3,(H,18,20). The van der Waals surface area contributed by atoms with E-state index in [1.165, 1.54) is 0 Å². The van der Waals surface area contributed by atoms with Gasteiger partial charge in [-0.15, -0.1) is 0 Å². The summed E-state index contributed by atoms with van der Waals surface area (Å²) >= 11 is 0. The molecule has 0 bridgehead atoms. The summed E-state index contributed by atoms with van der Waals surface area (Å²) in [6.07, 6.45) is 2.21. The summed E-state index contributed by atoms with van der Waals surface area (Å²) in [5, 5.41) is 2.92. The van der Waals surface area contributed by atoms with Crippen molar-refractivity contribution < 1.29 is 9.53 Å². The number of carbonyl (C=O) groups is 1. The first-order valence-corrected chi connectivity index (χ1v) is 7.50. The van der Waals surface area contributed by atoms with Crippen LogP contribution in [0.4, 0.5) is 5.69 Å².